The van der Waals surface area contributed by atoms with Crippen LogP contribution in [-0.4, -0.2) is 9.78 Å². The molecule has 0 bridgehead atoms. The van der Waals surface area contributed by atoms with Gasteiger partial charge in [0.05, 0.1) is 17.3 Å². The Morgan fingerprint density at radius 1 is 1.21 bits per heavy atom. The van der Waals surface area contributed by atoms with Gasteiger partial charge in [-0.05, 0) is 31.5 Å². The minimum atomic E-state index is -4.32. The largest absolute Gasteiger partial charge is 0.416 e. The number of aromatic nitrogens is 2. The van der Waals surface area contributed by atoms with Gasteiger partial charge in [-0.1, -0.05) is 12.1 Å². The number of anilines is 1. The van der Waals surface area contributed by atoms with Crippen molar-refractivity contribution in [3.63, 3.8) is 0 Å². The van der Waals surface area contributed by atoms with Gasteiger partial charge in [0.2, 0.25) is 0 Å². The van der Waals surface area contributed by atoms with Gasteiger partial charge >= 0.3 is 6.18 Å². The van der Waals surface area contributed by atoms with Crippen LogP contribution in [0.3, 0.4) is 0 Å². The fourth-order valence-corrected chi connectivity index (χ4v) is 1.94. The summed E-state index contributed by atoms with van der Waals surface area (Å²) < 4.78 is 39.0. The van der Waals surface area contributed by atoms with Gasteiger partial charge in [-0.15, -0.1) is 0 Å². The summed E-state index contributed by atoms with van der Waals surface area (Å²) in [5, 5.41) is 4.23. The summed E-state index contributed by atoms with van der Waals surface area (Å²) in [5.41, 5.74) is 6.64. The van der Waals surface area contributed by atoms with E-state index in [2.05, 4.69) is 5.10 Å². The topological polar surface area (TPSA) is 43.8 Å². The van der Waals surface area contributed by atoms with Crippen LogP contribution in [0, 0.1) is 6.92 Å². The molecule has 0 saturated heterocycles. The number of nitrogens with zero attached hydrogens (tertiary/aromatic N) is 2. The maximum Gasteiger partial charge on any atom is 0.416 e. The van der Waals surface area contributed by atoms with E-state index in [1.54, 1.807) is 10.7 Å². The second-order valence-corrected chi connectivity index (χ2v) is 4.45. The van der Waals surface area contributed by atoms with Gasteiger partial charge in [-0.25, -0.2) is 4.68 Å². The van der Waals surface area contributed by atoms with Crippen LogP contribution in [0.1, 0.15) is 29.8 Å². The van der Waals surface area contributed by atoms with Crippen LogP contribution in [0.5, 0.6) is 0 Å². The SMILES string of the molecule is Cc1cc(N)n(C(C)c2ccc(C(F)(F)F)cc2)n1. The Bertz CT molecular complexity index is 570. The first kappa shape index (κ1) is 13.5. The van der Waals surface area contributed by atoms with E-state index in [1.807, 2.05) is 13.8 Å². The number of aryl methyl sites for hydroxylation is 1. The standard InChI is InChI=1S/C13H14F3N3/c1-8-7-12(17)19(18-8)9(2)10-3-5-11(6-4-10)13(14,15)16/h3-7,9H,17H2,1-2H3. The molecule has 0 aliphatic carbocycles. The van der Waals surface area contributed by atoms with E-state index >= 15 is 0 Å². The van der Waals surface area contributed by atoms with Crippen LogP contribution >= 0.6 is 0 Å². The molecule has 0 aliphatic heterocycles. The normalized spacial score (nSPS) is 13.5. The number of alkyl halides is 3. The van der Waals surface area contributed by atoms with E-state index in [1.165, 1.54) is 12.1 Å². The van der Waals surface area contributed by atoms with Gasteiger partial charge in [0.25, 0.3) is 0 Å². The van der Waals surface area contributed by atoms with Gasteiger partial charge in [-0.3, -0.25) is 0 Å². The van der Waals surface area contributed by atoms with E-state index in [9.17, 15) is 13.2 Å². The minimum Gasteiger partial charge on any atom is -0.384 e. The monoisotopic (exact) mass is 269 g/mol. The third-order valence-electron chi connectivity index (χ3n) is 2.97. The number of rotatable bonds is 2. The second kappa shape index (κ2) is 4.60. The van der Waals surface area contributed by atoms with Crippen LogP contribution < -0.4 is 5.73 Å². The Kier molecular flexibility index (Phi) is 3.26. The van der Waals surface area contributed by atoms with Crippen molar-refractivity contribution < 1.29 is 13.2 Å². The number of hydrogen-bond donors (Lipinski definition) is 1. The minimum absolute atomic E-state index is 0.212. The molecular formula is C13H14F3N3. The van der Waals surface area contributed by atoms with Crippen LogP contribution in [0.4, 0.5) is 19.0 Å². The number of nitrogens with two attached hydrogens (primary N) is 1. The summed E-state index contributed by atoms with van der Waals surface area (Å²) in [6.07, 6.45) is -4.32. The second-order valence-electron chi connectivity index (χ2n) is 4.45. The zero-order valence-corrected chi connectivity index (χ0v) is 10.6. The summed E-state index contributed by atoms with van der Waals surface area (Å²) in [6, 6.07) is 6.54. The summed E-state index contributed by atoms with van der Waals surface area (Å²) in [6.45, 7) is 3.65. The summed E-state index contributed by atoms with van der Waals surface area (Å²) in [5.74, 6) is 0.491. The molecular weight excluding hydrogens is 255 g/mol. The van der Waals surface area contributed by atoms with Crippen LogP contribution in [0.15, 0.2) is 30.3 Å². The van der Waals surface area contributed by atoms with Crippen molar-refractivity contribution >= 4 is 5.82 Å². The third kappa shape index (κ3) is 2.72. The molecule has 102 valence electrons. The molecule has 1 heterocycles. The highest BCUT2D eigenvalue weighted by Gasteiger charge is 2.30. The Morgan fingerprint density at radius 3 is 2.21 bits per heavy atom. The molecule has 1 aromatic carbocycles. The van der Waals surface area contributed by atoms with E-state index in [0.717, 1.165) is 23.4 Å². The summed E-state index contributed by atoms with van der Waals surface area (Å²) in [4.78, 5) is 0. The lowest BCUT2D eigenvalue weighted by Crippen LogP contribution is -2.12. The maximum atomic E-state index is 12.5. The van der Waals surface area contributed by atoms with Crippen molar-refractivity contribution in [2.24, 2.45) is 0 Å². The lowest BCUT2D eigenvalue weighted by atomic mass is 10.1. The summed E-state index contributed by atoms with van der Waals surface area (Å²) >= 11 is 0. The number of hydrogen-bond acceptors (Lipinski definition) is 2. The lowest BCUT2D eigenvalue weighted by Gasteiger charge is -2.15. The average molecular weight is 269 g/mol. The van der Waals surface area contributed by atoms with E-state index in [-0.39, 0.29) is 6.04 Å². The molecule has 0 fully saturated rings. The van der Waals surface area contributed by atoms with Crippen molar-refractivity contribution in [3.8, 4) is 0 Å². The number of nitrogen functional groups attached to an aromatic ring is 1. The molecule has 19 heavy (non-hydrogen) atoms. The molecule has 0 radical (unpaired) electrons. The number of benzene rings is 1. The fourth-order valence-electron chi connectivity index (χ4n) is 1.94. The Balaban J connectivity index is 2.30. The maximum absolute atomic E-state index is 12.5. The zero-order chi connectivity index (χ0) is 14.2. The van der Waals surface area contributed by atoms with Crippen molar-refractivity contribution in [1.82, 2.24) is 9.78 Å². The smallest absolute Gasteiger partial charge is 0.384 e. The molecule has 3 nitrogen and oxygen atoms in total. The van der Waals surface area contributed by atoms with E-state index < -0.39 is 11.7 Å². The first-order chi connectivity index (χ1) is 8.79. The van der Waals surface area contributed by atoms with Crippen LogP contribution in [0.2, 0.25) is 0 Å². The van der Waals surface area contributed by atoms with Gasteiger partial charge in [0.15, 0.2) is 0 Å². The molecule has 0 amide bonds. The van der Waals surface area contributed by atoms with Crippen LogP contribution in [-0.2, 0) is 6.18 Å². The molecule has 2 rings (SSSR count). The third-order valence-corrected chi connectivity index (χ3v) is 2.97. The van der Waals surface area contributed by atoms with E-state index in [0.29, 0.717) is 5.82 Å². The molecule has 0 aliphatic rings. The predicted octanol–water partition coefficient (Wildman–Crippen LogP) is 3.40. The highest BCUT2D eigenvalue weighted by molar-refractivity contribution is 5.34. The fraction of sp³-hybridized carbons (Fsp3) is 0.308. The van der Waals surface area contributed by atoms with Gasteiger partial charge in [0, 0.05) is 6.07 Å². The Hall–Kier alpha value is -1.98. The quantitative estimate of drug-likeness (QED) is 0.908. The van der Waals surface area contributed by atoms with Gasteiger partial charge in [0.1, 0.15) is 5.82 Å². The van der Waals surface area contributed by atoms with Crippen molar-refractivity contribution in [3.05, 3.63) is 47.2 Å². The zero-order valence-electron chi connectivity index (χ0n) is 10.6. The number of halogens is 3. The Morgan fingerprint density at radius 2 is 1.79 bits per heavy atom. The molecule has 2 N–H and O–H groups in total. The van der Waals surface area contributed by atoms with E-state index in [4.69, 9.17) is 5.73 Å². The first-order valence-electron chi connectivity index (χ1n) is 5.78. The van der Waals surface area contributed by atoms with Gasteiger partial charge < -0.3 is 5.73 Å². The highest BCUT2D eigenvalue weighted by atomic mass is 19.4. The molecule has 1 atom stereocenters. The highest BCUT2D eigenvalue weighted by Crippen LogP contribution is 2.30. The average Bonchev–Trinajstić information content (AvgIpc) is 2.66. The van der Waals surface area contributed by atoms with Crippen molar-refractivity contribution in [2.45, 2.75) is 26.1 Å². The molecule has 6 heteroatoms. The molecule has 0 spiro atoms. The molecule has 1 unspecified atom stereocenters. The first-order valence-corrected chi connectivity index (χ1v) is 5.78. The van der Waals surface area contributed by atoms with Gasteiger partial charge in [-0.2, -0.15) is 18.3 Å². The Labute approximate surface area is 108 Å². The molecule has 2 aromatic rings. The molecule has 1 aromatic heterocycles. The van der Waals surface area contributed by atoms with Crippen molar-refractivity contribution in [1.29, 1.82) is 0 Å². The molecule has 0 saturated carbocycles. The van der Waals surface area contributed by atoms with Crippen molar-refractivity contribution in [2.75, 3.05) is 5.73 Å². The lowest BCUT2D eigenvalue weighted by molar-refractivity contribution is -0.137. The van der Waals surface area contributed by atoms with Crippen LogP contribution in [0.25, 0.3) is 0 Å². The predicted molar refractivity (Wildman–Crippen MR) is 66.6 cm³/mol. The summed E-state index contributed by atoms with van der Waals surface area (Å²) in [7, 11) is 0.